The molecule has 7 heteroatoms. The molecule has 0 fully saturated rings. The van der Waals surface area contributed by atoms with Crippen LogP contribution in [-0.2, 0) is 9.59 Å². The van der Waals surface area contributed by atoms with Gasteiger partial charge in [0, 0.05) is 24.6 Å². The fourth-order valence-electron chi connectivity index (χ4n) is 2.89. The number of carbonyl (C=O) groups is 2. The van der Waals surface area contributed by atoms with Crippen molar-refractivity contribution in [3.8, 4) is 17.0 Å². The molecule has 0 saturated heterocycles. The van der Waals surface area contributed by atoms with Crippen LogP contribution in [0.25, 0.3) is 11.3 Å². The van der Waals surface area contributed by atoms with Crippen molar-refractivity contribution in [1.29, 1.82) is 0 Å². The van der Waals surface area contributed by atoms with E-state index in [0.29, 0.717) is 23.0 Å². The number of fused-ring (bicyclic) bond motifs is 1. The first-order chi connectivity index (χ1) is 13.2. The Morgan fingerprint density at radius 3 is 2.78 bits per heavy atom. The molecular formula is C20H17N3O3S. The van der Waals surface area contributed by atoms with Crippen LogP contribution in [0.1, 0.15) is 6.42 Å². The number of nitrogens with one attached hydrogen (secondary N) is 1. The van der Waals surface area contributed by atoms with Crippen molar-refractivity contribution in [1.82, 2.24) is 4.37 Å². The molecule has 0 radical (unpaired) electrons. The lowest BCUT2D eigenvalue weighted by Crippen LogP contribution is -2.40. The molecular weight excluding hydrogens is 362 g/mol. The average molecular weight is 379 g/mol. The summed E-state index contributed by atoms with van der Waals surface area (Å²) in [5, 5.41) is 3.55. The van der Waals surface area contributed by atoms with Crippen molar-refractivity contribution in [2.45, 2.75) is 6.42 Å². The van der Waals surface area contributed by atoms with Crippen LogP contribution in [-0.4, -0.2) is 29.3 Å². The van der Waals surface area contributed by atoms with Gasteiger partial charge in [0.1, 0.15) is 10.8 Å². The third-order valence-corrected chi connectivity index (χ3v) is 4.92. The van der Waals surface area contributed by atoms with Crippen LogP contribution < -0.4 is 15.0 Å². The second-order valence-electron chi connectivity index (χ2n) is 6.04. The summed E-state index contributed by atoms with van der Waals surface area (Å²) in [6, 6.07) is 19.0. The second-order valence-corrected chi connectivity index (χ2v) is 6.85. The van der Waals surface area contributed by atoms with Crippen molar-refractivity contribution in [3.63, 3.8) is 0 Å². The summed E-state index contributed by atoms with van der Waals surface area (Å²) in [5.41, 5.74) is 2.53. The van der Waals surface area contributed by atoms with Crippen LogP contribution in [0, 0.1) is 0 Å². The van der Waals surface area contributed by atoms with E-state index in [4.69, 9.17) is 4.74 Å². The van der Waals surface area contributed by atoms with Crippen molar-refractivity contribution in [3.05, 3.63) is 60.7 Å². The van der Waals surface area contributed by atoms with Gasteiger partial charge in [0.25, 0.3) is 5.91 Å². The minimum absolute atomic E-state index is 0.00604. The van der Waals surface area contributed by atoms with Gasteiger partial charge in [-0.3, -0.25) is 9.59 Å². The maximum absolute atomic E-state index is 12.3. The number of amides is 2. The van der Waals surface area contributed by atoms with Gasteiger partial charge in [0.2, 0.25) is 5.91 Å². The molecule has 0 atom stereocenters. The molecule has 2 aromatic carbocycles. The SMILES string of the molecule is O=C(CCN1C(=O)COc2ccccc21)Nc1cc(-c2ccccc2)ns1. The van der Waals surface area contributed by atoms with Crippen molar-refractivity contribution in [2.75, 3.05) is 23.4 Å². The number of aromatic nitrogens is 1. The molecule has 0 aliphatic carbocycles. The van der Waals surface area contributed by atoms with Gasteiger partial charge in [-0.25, -0.2) is 0 Å². The van der Waals surface area contributed by atoms with Crippen LogP contribution in [0.4, 0.5) is 10.7 Å². The molecule has 1 aliphatic heterocycles. The first-order valence-electron chi connectivity index (χ1n) is 8.55. The van der Waals surface area contributed by atoms with Crippen molar-refractivity contribution < 1.29 is 14.3 Å². The number of rotatable bonds is 5. The van der Waals surface area contributed by atoms with E-state index in [1.165, 1.54) is 11.5 Å². The van der Waals surface area contributed by atoms with Crippen LogP contribution >= 0.6 is 11.5 Å². The van der Waals surface area contributed by atoms with Gasteiger partial charge in [-0.2, -0.15) is 4.37 Å². The Kier molecular flexibility index (Phi) is 4.84. The predicted octanol–water partition coefficient (Wildman–Crippen LogP) is 3.56. The van der Waals surface area contributed by atoms with Gasteiger partial charge >= 0.3 is 0 Å². The van der Waals surface area contributed by atoms with Gasteiger partial charge in [0.15, 0.2) is 6.61 Å². The Balaban J connectivity index is 1.38. The van der Waals surface area contributed by atoms with Crippen LogP contribution in [0.5, 0.6) is 5.75 Å². The zero-order valence-corrected chi connectivity index (χ0v) is 15.2. The highest BCUT2D eigenvalue weighted by Crippen LogP contribution is 2.31. The van der Waals surface area contributed by atoms with E-state index in [-0.39, 0.29) is 24.8 Å². The maximum Gasteiger partial charge on any atom is 0.265 e. The number of hydrogen-bond acceptors (Lipinski definition) is 5. The molecule has 0 spiro atoms. The Hall–Kier alpha value is -3.19. The van der Waals surface area contributed by atoms with E-state index in [0.717, 1.165) is 11.3 Å². The summed E-state index contributed by atoms with van der Waals surface area (Å²) < 4.78 is 9.79. The Morgan fingerprint density at radius 1 is 1.15 bits per heavy atom. The predicted molar refractivity (Wildman–Crippen MR) is 105 cm³/mol. The number of benzene rings is 2. The standard InChI is InChI=1S/C20H17N3O3S/c24-18(21-19-12-15(22-27-19)14-6-2-1-3-7-14)10-11-23-16-8-4-5-9-17(16)26-13-20(23)25/h1-9,12H,10-11,13H2,(H,21,24). The fourth-order valence-corrected chi connectivity index (χ4v) is 3.57. The number of para-hydroxylation sites is 2. The van der Waals surface area contributed by atoms with Gasteiger partial charge < -0.3 is 15.0 Å². The Labute approximate surface area is 160 Å². The molecule has 3 aromatic rings. The molecule has 0 bridgehead atoms. The van der Waals surface area contributed by atoms with Crippen molar-refractivity contribution in [2.24, 2.45) is 0 Å². The largest absolute Gasteiger partial charge is 0.482 e. The third-order valence-electron chi connectivity index (χ3n) is 4.21. The van der Waals surface area contributed by atoms with E-state index in [9.17, 15) is 9.59 Å². The third kappa shape index (κ3) is 3.83. The molecule has 1 N–H and O–H groups in total. The first-order valence-corrected chi connectivity index (χ1v) is 9.32. The quantitative estimate of drug-likeness (QED) is 0.736. The van der Waals surface area contributed by atoms with Crippen molar-refractivity contribution >= 4 is 34.0 Å². The normalized spacial score (nSPS) is 13.0. The highest BCUT2D eigenvalue weighted by atomic mass is 32.1. The van der Waals surface area contributed by atoms with E-state index in [2.05, 4.69) is 9.69 Å². The lowest BCUT2D eigenvalue weighted by atomic mass is 10.1. The van der Waals surface area contributed by atoms with Gasteiger partial charge in [-0.15, -0.1) is 0 Å². The second kappa shape index (κ2) is 7.59. The van der Waals surface area contributed by atoms with E-state index >= 15 is 0 Å². The van der Waals surface area contributed by atoms with Crippen LogP contribution in [0.2, 0.25) is 0 Å². The van der Waals surface area contributed by atoms with Crippen LogP contribution in [0.15, 0.2) is 60.7 Å². The Bertz CT molecular complexity index is 971. The molecule has 0 saturated carbocycles. The molecule has 2 amide bonds. The summed E-state index contributed by atoms with van der Waals surface area (Å²) in [6.07, 6.45) is 0.193. The minimum Gasteiger partial charge on any atom is -0.482 e. The molecule has 1 aliphatic rings. The fraction of sp³-hybridized carbons (Fsp3) is 0.150. The maximum atomic E-state index is 12.3. The number of nitrogens with zero attached hydrogens (tertiary/aromatic N) is 2. The number of hydrogen-bond donors (Lipinski definition) is 1. The summed E-state index contributed by atoms with van der Waals surface area (Å²) in [7, 11) is 0. The Morgan fingerprint density at radius 2 is 1.93 bits per heavy atom. The zero-order chi connectivity index (χ0) is 18.6. The van der Waals surface area contributed by atoms with Gasteiger partial charge in [-0.1, -0.05) is 42.5 Å². The molecule has 0 unspecified atom stereocenters. The smallest absolute Gasteiger partial charge is 0.265 e. The van der Waals surface area contributed by atoms with E-state index in [1.807, 2.05) is 60.7 Å². The monoisotopic (exact) mass is 379 g/mol. The lowest BCUT2D eigenvalue weighted by molar-refractivity contribution is -0.121. The van der Waals surface area contributed by atoms with E-state index < -0.39 is 0 Å². The zero-order valence-electron chi connectivity index (χ0n) is 14.4. The average Bonchev–Trinajstić information content (AvgIpc) is 3.16. The first kappa shape index (κ1) is 17.2. The molecule has 2 heterocycles. The molecule has 27 heavy (non-hydrogen) atoms. The summed E-state index contributed by atoms with van der Waals surface area (Å²) >= 11 is 1.24. The molecule has 136 valence electrons. The number of anilines is 2. The minimum atomic E-state index is -0.157. The highest BCUT2D eigenvalue weighted by molar-refractivity contribution is 7.10. The topological polar surface area (TPSA) is 71.5 Å². The highest BCUT2D eigenvalue weighted by Gasteiger charge is 2.25. The van der Waals surface area contributed by atoms with Gasteiger partial charge in [0.05, 0.1) is 11.4 Å². The molecule has 6 nitrogen and oxygen atoms in total. The summed E-state index contributed by atoms with van der Waals surface area (Å²) in [4.78, 5) is 26.1. The van der Waals surface area contributed by atoms with Crippen LogP contribution in [0.3, 0.4) is 0 Å². The summed E-state index contributed by atoms with van der Waals surface area (Å²) in [5.74, 6) is 0.355. The molecule has 1 aromatic heterocycles. The lowest BCUT2D eigenvalue weighted by Gasteiger charge is -2.29. The summed E-state index contributed by atoms with van der Waals surface area (Å²) in [6.45, 7) is 0.295. The number of carbonyl (C=O) groups excluding carboxylic acids is 2. The number of ether oxygens (including phenoxy) is 1. The van der Waals surface area contributed by atoms with E-state index in [1.54, 1.807) is 4.90 Å². The molecule has 4 rings (SSSR count). The van der Waals surface area contributed by atoms with Gasteiger partial charge in [-0.05, 0) is 23.7 Å².